The van der Waals surface area contributed by atoms with Gasteiger partial charge < -0.3 is 15.2 Å². The molecule has 5 nitrogen and oxygen atoms in total. The Morgan fingerprint density at radius 3 is 2.72 bits per heavy atom. The molecule has 1 aromatic carbocycles. The molecule has 5 heteroatoms. The van der Waals surface area contributed by atoms with E-state index in [0.717, 1.165) is 0 Å². The van der Waals surface area contributed by atoms with Crippen molar-refractivity contribution in [2.24, 2.45) is 0 Å². The summed E-state index contributed by atoms with van der Waals surface area (Å²) in [5, 5.41) is 11.2. The lowest BCUT2D eigenvalue weighted by atomic mass is 10.2. The molecule has 0 aliphatic rings. The summed E-state index contributed by atoms with van der Waals surface area (Å²) in [5.41, 5.74) is 0.475. The lowest BCUT2D eigenvalue weighted by molar-refractivity contribution is -0.134. The minimum absolute atomic E-state index is 0.170. The maximum atomic E-state index is 10.9. The van der Waals surface area contributed by atoms with Crippen LogP contribution in [0.2, 0.25) is 0 Å². The molecular weight excluding hydrogens is 234 g/mol. The van der Waals surface area contributed by atoms with E-state index < -0.39 is 11.9 Å². The van der Waals surface area contributed by atoms with E-state index in [9.17, 15) is 9.59 Å². The highest BCUT2D eigenvalue weighted by atomic mass is 16.5. The van der Waals surface area contributed by atoms with Crippen LogP contribution in [0.15, 0.2) is 30.0 Å². The van der Waals surface area contributed by atoms with E-state index >= 15 is 0 Å². The normalized spacial score (nSPS) is 10.9. The monoisotopic (exact) mass is 249 g/mol. The number of hydrogen-bond acceptors (Lipinski definition) is 3. The molecule has 0 heterocycles. The predicted octanol–water partition coefficient (Wildman–Crippen LogP) is 1.65. The largest absolute Gasteiger partial charge is 0.494 e. The number of nitrogens with one attached hydrogen (secondary N) is 1. The zero-order valence-corrected chi connectivity index (χ0v) is 10.3. The predicted molar refractivity (Wildman–Crippen MR) is 67.0 cm³/mol. The van der Waals surface area contributed by atoms with E-state index in [1.807, 2.05) is 6.92 Å². The topological polar surface area (TPSA) is 75.6 Å². The zero-order valence-electron chi connectivity index (χ0n) is 10.3. The van der Waals surface area contributed by atoms with Gasteiger partial charge in [-0.05, 0) is 30.7 Å². The average molecular weight is 249 g/mol. The van der Waals surface area contributed by atoms with Gasteiger partial charge in [-0.3, -0.25) is 4.79 Å². The Morgan fingerprint density at radius 1 is 1.44 bits per heavy atom. The van der Waals surface area contributed by atoms with Crippen LogP contribution in [0.1, 0.15) is 19.4 Å². The van der Waals surface area contributed by atoms with Gasteiger partial charge in [0.2, 0.25) is 5.91 Å². The van der Waals surface area contributed by atoms with E-state index in [4.69, 9.17) is 9.84 Å². The number of benzene rings is 1. The molecule has 0 saturated carbocycles. The van der Waals surface area contributed by atoms with E-state index in [1.54, 1.807) is 24.3 Å². The highest BCUT2D eigenvalue weighted by Crippen LogP contribution is 2.15. The second-order valence-electron chi connectivity index (χ2n) is 3.55. The van der Waals surface area contributed by atoms with Gasteiger partial charge in [-0.25, -0.2) is 4.79 Å². The fourth-order valence-corrected chi connectivity index (χ4v) is 1.37. The third-order valence-electron chi connectivity index (χ3n) is 2.02. The van der Waals surface area contributed by atoms with Crippen molar-refractivity contribution in [3.63, 3.8) is 0 Å². The molecule has 0 aliphatic carbocycles. The van der Waals surface area contributed by atoms with Gasteiger partial charge in [0.25, 0.3) is 0 Å². The van der Waals surface area contributed by atoms with Crippen molar-refractivity contribution in [3.05, 3.63) is 35.5 Å². The van der Waals surface area contributed by atoms with Crippen LogP contribution in [-0.2, 0) is 9.59 Å². The van der Waals surface area contributed by atoms with Crippen LogP contribution in [0.5, 0.6) is 5.75 Å². The second kappa shape index (κ2) is 6.44. The number of amides is 1. The van der Waals surface area contributed by atoms with Gasteiger partial charge >= 0.3 is 5.97 Å². The first-order chi connectivity index (χ1) is 8.52. The Kier molecular flexibility index (Phi) is 4.92. The summed E-state index contributed by atoms with van der Waals surface area (Å²) in [6.45, 7) is 3.65. The van der Waals surface area contributed by atoms with Crippen LogP contribution in [0.4, 0.5) is 0 Å². The molecule has 0 unspecified atom stereocenters. The molecule has 0 aliphatic heterocycles. The summed E-state index contributed by atoms with van der Waals surface area (Å²) >= 11 is 0. The van der Waals surface area contributed by atoms with Gasteiger partial charge in [0, 0.05) is 6.92 Å². The van der Waals surface area contributed by atoms with Crippen LogP contribution in [0.3, 0.4) is 0 Å². The number of carbonyl (C=O) groups is 2. The third kappa shape index (κ3) is 4.29. The molecule has 0 spiro atoms. The Bertz CT molecular complexity index is 480. The van der Waals surface area contributed by atoms with Crippen molar-refractivity contribution < 1.29 is 19.4 Å². The first-order valence-electron chi connectivity index (χ1n) is 5.48. The van der Waals surface area contributed by atoms with Gasteiger partial charge in [-0.15, -0.1) is 0 Å². The fourth-order valence-electron chi connectivity index (χ4n) is 1.37. The summed E-state index contributed by atoms with van der Waals surface area (Å²) in [6.07, 6.45) is 1.38. The van der Waals surface area contributed by atoms with Crippen molar-refractivity contribution in [3.8, 4) is 5.75 Å². The van der Waals surface area contributed by atoms with Gasteiger partial charge in [0.15, 0.2) is 0 Å². The molecule has 0 atom stereocenters. The summed E-state index contributed by atoms with van der Waals surface area (Å²) in [7, 11) is 0. The highest BCUT2D eigenvalue weighted by Gasteiger charge is 2.08. The minimum Gasteiger partial charge on any atom is -0.494 e. The van der Waals surface area contributed by atoms with Gasteiger partial charge in [0.05, 0.1) is 6.61 Å². The Hall–Kier alpha value is -2.30. The van der Waals surface area contributed by atoms with Crippen LogP contribution in [-0.4, -0.2) is 23.6 Å². The SMILES string of the molecule is CCOc1cccc(/C=C(/NC(C)=O)C(=O)O)c1. The van der Waals surface area contributed by atoms with E-state index in [0.29, 0.717) is 17.9 Å². The summed E-state index contributed by atoms with van der Waals surface area (Å²) in [5.74, 6) is -0.963. The van der Waals surface area contributed by atoms with Crippen molar-refractivity contribution >= 4 is 18.0 Å². The first kappa shape index (κ1) is 13.8. The van der Waals surface area contributed by atoms with Gasteiger partial charge in [-0.2, -0.15) is 0 Å². The molecule has 18 heavy (non-hydrogen) atoms. The molecule has 0 aromatic heterocycles. The molecule has 2 N–H and O–H groups in total. The molecular formula is C13H15NO4. The number of carbonyl (C=O) groups excluding carboxylic acids is 1. The summed E-state index contributed by atoms with van der Waals surface area (Å²) in [6, 6.07) is 6.96. The first-order valence-corrected chi connectivity index (χ1v) is 5.48. The number of aliphatic carboxylic acids is 1. The third-order valence-corrected chi connectivity index (χ3v) is 2.02. The Balaban J connectivity index is 2.99. The average Bonchev–Trinajstić information content (AvgIpc) is 2.28. The Morgan fingerprint density at radius 2 is 2.17 bits per heavy atom. The molecule has 0 radical (unpaired) electrons. The smallest absolute Gasteiger partial charge is 0.352 e. The second-order valence-corrected chi connectivity index (χ2v) is 3.55. The Labute approximate surface area is 105 Å². The molecule has 96 valence electrons. The van der Waals surface area contributed by atoms with Crippen molar-refractivity contribution in [2.75, 3.05) is 6.61 Å². The molecule has 1 aromatic rings. The van der Waals surface area contributed by atoms with Crippen molar-refractivity contribution in [1.29, 1.82) is 0 Å². The van der Waals surface area contributed by atoms with Crippen LogP contribution in [0.25, 0.3) is 6.08 Å². The number of carboxylic acids is 1. The summed E-state index contributed by atoms with van der Waals surface area (Å²) < 4.78 is 5.31. The van der Waals surface area contributed by atoms with E-state index in [-0.39, 0.29) is 5.70 Å². The lowest BCUT2D eigenvalue weighted by Crippen LogP contribution is -2.24. The quantitative estimate of drug-likeness (QED) is 0.778. The number of rotatable bonds is 5. The van der Waals surface area contributed by atoms with Gasteiger partial charge in [0.1, 0.15) is 11.4 Å². The standard InChI is InChI=1S/C13H15NO4/c1-3-18-11-6-4-5-10(7-11)8-12(13(16)17)14-9(2)15/h4-8H,3H2,1-2H3,(H,14,15)(H,16,17)/b12-8+. The van der Waals surface area contributed by atoms with E-state index in [1.165, 1.54) is 13.0 Å². The molecule has 0 bridgehead atoms. The number of carboxylic acid groups (broad SMARTS) is 1. The lowest BCUT2D eigenvalue weighted by Gasteiger charge is -2.05. The maximum absolute atomic E-state index is 10.9. The van der Waals surface area contributed by atoms with Crippen LogP contribution in [0, 0.1) is 0 Å². The molecule has 1 amide bonds. The number of hydrogen-bond donors (Lipinski definition) is 2. The van der Waals surface area contributed by atoms with Crippen LogP contribution >= 0.6 is 0 Å². The molecule has 0 fully saturated rings. The summed E-state index contributed by atoms with van der Waals surface area (Å²) in [4.78, 5) is 21.8. The zero-order chi connectivity index (χ0) is 13.5. The number of ether oxygens (including phenoxy) is 1. The van der Waals surface area contributed by atoms with Crippen molar-refractivity contribution in [1.82, 2.24) is 5.32 Å². The van der Waals surface area contributed by atoms with Crippen molar-refractivity contribution in [2.45, 2.75) is 13.8 Å². The van der Waals surface area contributed by atoms with Crippen LogP contribution < -0.4 is 10.1 Å². The maximum Gasteiger partial charge on any atom is 0.352 e. The fraction of sp³-hybridized carbons (Fsp3) is 0.231. The molecule has 1 rings (SSSR count). The van der Waals surface area contributed by atoms with E-state index in [2.05, 4.69) is 5.32 Å². The van der Waals surface area contributed by atoms with Gasteiger partial charge in [-0.1, -0.05) is 12.1 Å². The highest BCUT2D eigenvalue weighted by molar-refractivity contribution is 5.96. The minimum atomic E-state index is -1.19. The molecule has 0 saturated heterocycles.